The molecule has 0 rings (SSSR count). The number of hydrogen-bond donors (Lipinski definition) is 0. The maximum absolute atomic E-state index is 12.5. The van der Waals surface area contributed by atoms with Gasteiger partial charge in [-0.15, -0.1) is 0 Å². The number of carbonyl (C=O) groups excluding carboxylic acids is 1. The molecule has 0 radical (unpaired) electrons. The molecule has 0 spiro atoms. The van der Waals surface area contributed by atoms with Crippen LogP contribution < -0.4 is 0 Å². The summed E-state index contributed by atoms with van der Waals surface area (Å²) >= 11 is 0. The average molecular weight is 232 g/mol. The number of halogens is 5. The molecule has 0 aliphatic rings. The van der Waals surface area contributed by atoms with Crippen molar-refractivity contribution in [3.8, 4) is 0 Å². The Bertz CT molecular complexity index is 284. The van der Waals surface area contributed by atoms with Crippen molar-refractivity contribution >= 4 is 5.97 Å². The summed E-state index contributed by atoms with van der Waals surface area (Å²) < 4.78 is 63.8. The number of ether oxygens (including phenoxy) is 1. The van der Waals surface area contributed by atoms with Gasteiger partial charge in [0.05, 0.1) is 0 Å². The molecular weight excluding hydrogens is 223 g/mol. The number of allylic oxidation sites excluding steroid dienone is 1. The van der Waals surface area contributed by atoms with Gasteiger partial charge in [-0.1, -0.05) is 0 Å². The van der Waals surface area contributed by atoms with E-state index in [2.05, 4.69) is 4.74 Å². The van der Waals surface area contributed by atoms with Crippen molar-refractivity contribution in [2.24, 2.45) is 0 Å². The quantitative estimate of drug-likeness (QED) is 0.394. The zero-order valence-electron chi connectivity index (χ0n) is 8.21. The Morgan fingerprint density at radius 3 is 1.73 bits per heavy atom. The molecule has 0 heterocycles. The molecule has 0 N–H and O–H groups in total. The Labute approximate surface area is 82.7 Å². The molecule has 0 fully saturated rings. The minimum absolute atomic E-state index is 1.19. The predicted octanol–water partition coefficient (Wildman–Crippen LogP) is 3.04. The molecule has 0 aliphatic carbocycles. The molecule has 0 aliphatic heterocycles. The van der Waals surface area contributed by atoms with Gasteiger partial charge in [0.1, 0.15) is 5.60 Å². The van der Waals surface area contributed by atoms with Crippen molar-refractivity contribution < 1.29 is 31.5 Å². The van der Waals surface area contributed by atoms with Crippen molar-refractivity contribution in [3.05, 3.63) is 11.7 Å². The van der Waals surface area contributed by atoms with E-state index in [0.717, 1.165) is 0 Å². The lowest BCUT2D eigenvalue weighted by atomic mass is 10.2. The summed E-state index contributed by atoms with van der Waals surface area (Å²) in [5.41, 5.74) is -1.19. The average Bonchev–Trinajstić information content (AvgIpc) is 1.96. The van der Waals surface area contributed by atoms with Crippen molar-refractivity contribution in [2.45, 2.75) is 32.5 Å². The number of carbonyl (C=O) groups is 1. The van der Waals surface area contributed by atoms with Crippen LogP contribution in [0.2, 0.25) is 0 Å². The van der Waals surface area contributed by atoms with Crippen LogP contribution in [0.4, 0.5) is 22.0 Å². The lowest BCUT2D eigenvalue weighted by Crippen LogP contribution is -2.25. The highest BCUT2D eigenvalue weighted by molar-refractivity contribution is 5.87. The maximum atomic E-state index is 12.5. The minimum Gasteiger partial charge on any atom is -0.455 e. The normalized spacial score (nSPS) is 14.7. The molecular formula is C8H9F5O2. The zero-order chi connectivity index (χ0) is 12.4. The highest BCUT2D eigenvalue weighted by Gasteiger charge is 2.41. The fourth-order valence-electron chi connectivity index (χ4n) is 0.537. The zero-order valence-corrected chi connectivity index (χ0v) is 8.21. The van der Waals surface area contributed by atoms with Crippen LogP contribution in [0.15, 0.2) is 11.7 Å². The van der Waals surface area contributed by atoms with E-state index in [1.54, 1.807) is 0 Å². The van der Waals surface area contributed by atoms with E-state index in [0.29, 0.717) is 0 Å². The van der Waals surface area contributed by atoms with E-state index in [1.807, 2.05) is 0 Å². The lowest BCUT2D eigenvalue weighted by Gasteiger charge is -2.18. The maximum Gasteiger partial charge on any atom is 0.446 e. The number of rotatable bonds is 1. The first kappa shape index (κ1) is 13.9. The fourth-order valence-corrected chi connectivity index (χ4v) is 0.537. The highest BCUT2D eigenvalue weighted by Crippen LogP contribution is 2.30. The number of esters is 1. The van der Waals surface area contributed by atoms with Crippen LogP contribution >= 0.6 is 0 Å². The summed E-state index contributed by atoms with van der Waals surface area (Å²) in [6.45, 7) is 3.93. The Kier molecular flexibility index (Phi) is 3.84. The Morgan fingerprint density at radius 2 is 1.47 bits per heavy atom. The summed E-state index contributed by atoms with van der Waals surface area (Å²) in [6, 6.07) is 0. The van der Waals surface area contributed by atoms with Gasteiger partial charge in [0.15, 0.2) is 0 Å². The molecule has 0 aromatic carbocycles. The van der Waals surface area contributed by atoms with Crippen LogP contribution in [0.3, 0.4) is 0 Å². The first-order chi connectivity index (χ1) is 6.45. The Morgan fingerprint density at radius 1 is 1.07 bits per heavy atom. The fraction of sp³-hybridized carbons (Fsp3) is 0.625. The Hall–Kier alpha value is -1.14. The topological polar surface area (TPSA) is 26.3 Å². The van der Waals surface area contributed by atoms with Crippen molar-refractivity contribution in [1.82, 2.24) is 0 Å². The second-order valence-corrected chi connectivity index (χ2v) is 3.63. The van der Waals surface area contributed by atoms with Gasteiger partial charge in [0.2, 0.25) is 11.7 Å². The highest BCUT2D eigenvalue weighted by atomic mass is 19.4. The van der Waals surface area contributed by atoms with Crippen LogP contribution in [0, 0.1) is 0 Å². The van der Waals surface area contributed by atoms with E-state index in [9.17, 15) is 26.7 Å². The van der Waals surface area contributed by atoms with Crippen LogP contribution in [-0.4, -0.2) is 17.7 Å². The third-order valence-electron chi connectivity index (χ3n) is 1.02. The van der Waals surface area contributed by atoms with Crippen LogP contribution in [0.1, 0.15) is 20.8 Å². The smallest absolute Gasteiger partial charge is 0.446 e. The van der Waals surface area contributed by atoms with Gasteiger partial charge < -0.3 is 4.74 Å². The van der Waals surface area contributed by atoms with E-state index in [1.165, 1.54) is 20.8 Å². The van der Waals surface area contributed by atoms with Crippen LogP contribution in [0.25, 0.3) is 0 Å². The van der Waals surface area contributed by atoms with Gasteiger partial charge in [-0.05, 0) is 20.8 Å². The van der Waals surface area contributed by atoms with Gasteiger partial charge in [-0.2, -0.15) is 22.0 Å². The molecule has 0 saturated carbocycles. The molecule has 2 nitrogen and oxygen atoms in total. The predicted molar refractivity (Wildman–Crippen MR) is 41.1 cm³/mol. The van der Waals surface area contributed by atoms with Gasteiger partial charge in [-0.3, -0.25) is 0 Å². The van der Waals surface area contributed by atoms with E-state index in [-0.39, 0.29) is 0 Å². The number of hydrogen-bond acceptors (Lipinski definition) is 2. The molecule has 0 atom stereocenters. The molecule has 0 saturated heterocycles. The SMILES string of the molecule is CC(C)(C)OC(=O)C(F)=C(F)C(F)(F)F. The molecule has 0 aromatic heterocycles. The summed E-state index contributed by atoms with van der Waals surface area (Å²) in [5, 5.41) is 0. The minimum atomic E-state index is -5.53. The third kappa shape index (κ3) is 4.75. The van der Waals surface area contributed by atoms with Crippen molar-refractivity contribution in [1.29, 1.82) is 0 Å². The summed E-state index contributed by atoms with van der Waals surface area (Å²) in [5.74, 6) is -7.63. The first-order valence-corrected chi connectivity index (χ1v) is 3.81. The molecule has 88 valence electrons. The van der Waals surface area contributed by atoms with Gasteiger partial charge in [-0.25, -0.2) is 4.79 Å². The summed E-state index contributed by atoms with van der Waals surface area (Å²) in [4.78, 5) is 10.7. The lowest BCUT2D eigenvalue weighted by molar-refractivity contribution is -0.154. The van der Waals surface area contributed by atoms with Crippen molar-refractivity contribution in [3.63, 3.8) is 0 Å². The van der Waals surface area contributed by atoms with E-state index >= 15 is 0 Å². The monoisotopic (exact) mass is 232 g/mol. The summed E-state index contributed by atoms with van der Waals surface area (Å²) in [7, 11) is 0. The van der Waals surface area contributed by atoms with Crippen LogP contribution in [-0.2, 0) is 9.53 Å². The van der Waals surface area contributed by atoms with Gasteiger partial charge in [0.25, 0.3) is 0 Å². The van der Waals surface area contributed by atoms with Crippen LogP contribution in [0.5, 0.6) is 0 Å². The van der Waals surface area contributed by atoms with E-state index < -0.39 is 29.4 Å². The van der Waals surface area contributed by atoms with Gasteiger partial charge >= 0.3 is 12.1 Å². The second-order valence-electron chi connectivity index (χ2n) is 3.63. The molecule has 7 heteroatoms. The standard InChI is InChI=1S/C8H9F5O2/c1-7(2,3)15-6(14)4(9)5(10)8(11,12)13/h1-3H3. The number of alkyl halides is 3. The molecule has 0 bridgehead atoms. The largest absolute Gasteiger partial charge is 0.455 e. The molecule has 0 aromatic rings. The third-order valence-corrected chi connectivity index (χ3v) is 1.02. The molecule has 0 unspecified atom stereocenters. The Balaban J connectivity index is 4.87. The summed E-state index contributed by atoms with van der Waals surface area (Å²) in [6.07, 6.45) is -5.53. The van der Waals surface area contributed by atoms with Gasteiger partial charge in [0, 0.05) is 0 Å². The first-order valence-electron chi connectivity index (χ1n) is 3.81. The molecule has 0 amide bonds. The van der Waals surface area contributed by atoms with E-state index in [4.69, 9.17) is 0 Å². The van der Waals surface area contributed by atoms with Crippen molar-refractivity contribution in [2.75, 3.05) is 0 Å². The second kappa shape index (κ2) is 4.16. The molecule has 15 heavy (non-hydrogen) atoms.